The first kappa shape index (κ1) is 17.1. The van der Waals surface area contributed by atoms with Gasteiger partial charge in [0.2, 0.25) is 0 Å². The number of benzene rings is 1. The summed E-state index contributed by atoms with van der Waals surface area (Å²) in [5.41, 5.74) is 6.28. The van der Waals surface area contributed by atoms with Crippen LogP contribution in [0.3, 0.4) is 0 Å². The van der Waals surface area contributed by atoms with Crippen molar-refractivity contribution in [3.8, 4) is 0 Å². The SMILES string of the molecule is CCC(C)[C@H](O)[C@H](N)c1cc(I)ccc1F.Cl. The van der Waals surface area contributed by atoms with E-state index in [9.17, 15) is 9.50 Å². The van der Waals surface area contributed by atoms with Gasteiger partial charge in [0.25, 0.3) is 0 Å². The molecule has 0 bridgehead atoms. The maximum absolute atomic E-state index is 13.6. The molecule has 2 nitrogen and oxygen atoms in total. The Labute approximate surface area is 121 Å². The lowest BCUT2D eigenvalue weighted by Gasteiger charge is -2.24. The van der Waals surface area contributed by atoms with Crippen LogP contribution < -0.4 is 5.73 Å². The molecule has 0 spiro atoms. The number of hydrogen-bond acceptors (Lipinski definition) is 2. The Morgan fingerprint density at radius 2 is 2.06 bits per heavy atom. The minimum atomic E-state index is -0.710. The van der Waals surface area contributed by atoms with Crippen LogP contribution in [-0.4, -0.2) is 11.2 Å². The zero-order valence-corrected chi connectivity index (χ0v) is 12.8. The van der Waals surface area contributed by atoms with Crippen LogP contribution in [0.15, 0.2) is 18.2 Å². The van der Waals surface area contributed by atoms with Crippen LogP contribution in [-0.2, 0) is 0 Å². The monoisotopic (exact) mass is 373 g/mol. The molecule has 0 aliphatic carbocycles. The maximum Gasteiger partial charge on any atom is 0.128 e. The van der Waals surface area contributed by atoms with Crippen molar-refractivity contribution >= 4 is 35.0 Å². The standard InChI is InChI=1S/C12H17FINO.ClH/c1-3-7(2)12(16)11(15)9-6-8(14)4-5-10(9)13;/h4-7,11-12,16H,3,15H2,1-2H3;1H/t7?,11-,12+;/m1./s1. The van der Waals surface area contributed by atoms with Crippen molar-refractivity contribution in [3.05, 3.63) is 33.1 Å². The van der Waals surface area contributed by atoms with Crippen molar-refractivity contribution in [2.75, 3.05) is 0 Å². The van der Waals surface area contributed by atoms with Gasteiger partial charge in [0, 0.05) is 9.13 Å². The number of aliphatic hydroxyl groups excluding tert-OH is 1. The molecule has 0 fully saturated rings. The fourth-order valence-corrected chi connectivity index (χ4v) is 2.06. The summed E-state index contributed by atoms with van der Waals surface area (Å²) in [5, 5.41) is 9.96. The van der Waals surface area contributed by atoms with Crippen LogP contribution in [0, 0.1) is 15.3 Å². The van der Waals surface area contributed by atoms with Gasteiger partial charge in [-0.05, 0) is 46.7 Å². The Morgan fingerprint density at radius 1 is 1.47 bits per heavy atom. The van der Waals surface area contributed by atoms with E-state index in [1.54, 1.807) is 12.1 Å². The molecule has 0 saturated carbocycles. The highest BCUT2D eigenvalue weighted by Crippen LogP contribution is 2.25. The highest BCUT2D eigenvalue weighted by atomic mass is 127. The Morgan fingerprint density at radius 3 is 2.59 bits per heavy atom. The van der Waals surface area contributed by atoms with Gasteiger partial charge >= 0.3 is 0 Å². The van der Waals surface area contributed by atoms with Crippen molar-refractivity contribution in [1.82, 2.24) is 0 Å². The Kier molecular flexibility index (Phi) is 7.55. The fourth-order valence-electron chi connectivity index (χ4n) is 1.55. The first-order valence-corrected chi connectivity index (χ1v) is 6.43. The topological polar surface area (TPSA) is 46.2 Å². The molecule has 3 N–H and O–H groups in total. The van der Waals surface area contributed by atoms with Crippen molar-refractivity contribution < 1.29 is 9.50 Å². The highest BCUT2D eigenvalue weighted by molar-refractivity contribution is 14.1. The molecular formula is C12H18ClFINO. The second-order valence-electron chi connectivity index (χ2n) is 4.07. The van der Waals surface area contributed by atoms with Crippen molar-refractivity contribution in [2.45, 2.75) is 32.4 Å². The molecule has 0 radical (unpaired) electrons. The number of halogens is 3. The van der Waals surface area contributed by atoms with Crippen molar-refractivity contribution in [1.29, 1.82) is 0 Å². The van der Waals surface area contributed by atoms with Crippen LogP contribution in [0.4, 0.5) is 4.39 Å². The molecule has 5 heteroatoms. The molecule has 17 heavy (non-hydrogen) atoms. The largest absolute Gasteiger partial charge is 0.391 e. The molecule has 0 aliphatic rings. The van der Waals surface area contributed by atoms with E-state index in [-0.39, 0.29) is 24.1 Å². The van der Waals surface area contributed by atoms with Gasteiger partial charge in [-0.25, -0.2) is 4.39 Å². The van der Waals surface area contributed by atoms with Crippen molar-refractivity contribution in [3.63, 3.8) is 0 Å². The van der Waals surface area contributed by atoms with Gasteiger partial charge in [0.05, 0.1) is 12.1 Å². The molecule has 1 unspecified atom stereocenters. The average Bonchev–Trinajstić information content (AvgIpc) is 2.29. The molecule has 1 aromatic carbocycles. The first-order valence-electron chi connectivity index (χ1n) is 5.36. The summed E-state index contributed by atoms with van der Waals surface area (Å²) in [7, 11) is 0. The van der Waals surface area contributed by atoms with E-state index in [0.717, 1.165) is 9.99 Å². The second kappa shape index (κ2) is 7.51. The normalized spacial score (nSPS) is 15.9. The molecule has 0 heterocycles. The maximum atomic E-state index is 13.6. The summed E-state index contributed by atoms with van der Waals surface area (Å²) in [5.74, 6) is -0.289. The molecular weight excluding hydrogens is 355 g/mol. The molecule has 0 aromatic heterocycles. The third-order valence-corrected chi connectivity index (χ3v) is 3.58. The number of hydrogen-bond donors (Lipinski definition) is 2. The summed E-state index contributed by atoms with van der Waals surface area (Å²) in [4.78, 5) is 0. The predicted octanol–water partition coefficient (Wildman–Crippen LogP) is 3.26. The lowest BCUT2D eigenvalue weighted by atomic mass is 9.91. The molecule has 98 valence electrons. The fraction of sp³-hybridized carbons (Fsp3) is 0.500. The molecule has 0 saturated heterocycles. The first-order chi connectivity index (χ1) is 7.47. The predicted molar refractivity (Wildman–Crippen MR) is 78.8 cm³/mol. The van der Waals surface area contributed by atoms with Crippen molar-refractivity contribution in [2.24, 2.45) is 11.7 Å². The van der Waals surface area contributed by atoms with Gasteiger partial charge < -0.3 is 10.8 Å². The minimum absolute atomic E-state index is 0. The van der Waals surface area contributed by atoms with Gasteiger partial charge in [-0.2, -0.15) is 0 Å². The number of nitrogens with two attached hydrogens (primary N) is 1. The van der Waals surface area contributed by atoms with E-state index in [4.69, 9.17) is 5.73 Å². The summed E-state index contributed by atoms with van der Waals surface area (Å²) in [6, 6.07) is 4.10. The molecule has 1 aromatic rings. The third-order valence-electron chi connectivity index (χ3n) is 2.91. The minimum Gasteiger partial charge on any atom is -0.391 e. The summed E-state index contributed by atoms with van der Waals surface area (Å²) >= 11 is 2.10. The Hall–Kier alpha value is 0.0900. The number of aliphatic hydroxyl groups is 1. The smallest absolute Gasteiger partial charge is 0.128 e. The van der Waals surface area contributed by atoms with Gasteiger partial charge in [-0.3, -0.25) is 0 Å². The molecule has 0 amide bonds. The zero-order valence-electron chi connectivity index (χ0n) is 9.86. The summed E-state index contributed by atoms with van der Waals surface area (Å²) < 4.78 is 14.5. The highest BCUT2D eigenvalue weighted by Gasteiger charge is 2.24. The van der Waals surface area contributed by atoms with Gasteiger partial charge in [0.1, 0.15) is 5.82 Å². The van der Waals surface area contributed by atoms with Gasteiger partial charge in [-0.15, -0.1) is 12.4 Å². The van der Waals surface area contributed by atoms with Crippen LogP contribution >= 0.6 is 35.0 Å². The lowest BCUT2D eigenvalue weighted by molar-refractivity contribution is 0.0867. The number of rotatable bonds is 4. The summed E-state index contributed by atoms with van der Waals surface area (Å²) in [6.45, 7) is 3.89. The van der Waals surface area contributed by atoms with E-state index >= 15 is 0 Å². The average molecular weight is 374 g/mol. The van der Waals surface area contributed by atoms with E-state index < -0.39 is 12.1 Å². The molecule has 1 rings (SSSR count). The van der Waals surface area contributed by atoms with Crippen LogP contribution in [0.5, 0.6) is 0 Å². The van der Waals surface area contributed by atoms with Crippen LogP contribution in [0.1, 0.15) is 31.9 Å². The quantitative estimate of drug-likeness (QED) is 0.796. The van der Waals surface area contributed by atoms with Gasteiger partial charge in [0.15, 0.2) is 0 Å². The lowest BCUT2D eigenvalue weighted by Crippen LogP contribution is -2.32. The second-order valence-corrected chi connectivity index (χ2v) is 5.31. The van der Waals surface area contributed by atoms with Gasteiger partial charge in [-0.1, -0.05) is 20.3 Å². The zero-order chi connectivity index (χ0) is 12.3. The molecule has 3 atom stereocenters. The molecule has 0 aliphatic heterocycles. The van der Waals surface area contributed by atoms with E-state index in [1.807, 2.05) is 13.8 Å². The third kappa shape index (κ3) is 4.35. The van der Waals surface area contributed by atoms with E-state index in [1.165, 1.54) is 6.07 Å². The van der Waals surface area contributed by atoms with E-state index in [0.29, 0.717) is 5.56 Å². The van der Waals surface area contributed by atoms with Crippen LogP contribution in [0.25, 0.3) is 0 Å². The Balaban J connectivity index is 0.00000256. The Bertz CT molecular complexity index is 364. The van der Waals surface area contributed by atoms with E-state index in [2.05, 4.69) is 22.6 Å². The summed E-state index contributed by atoms with van der Waals surface area (Å²) in [6.07, 6.45) is 0.109. The van der Waals surface area contributed by atoms with Crippen LogP contribution in [0.2, 0.25) is 0 Å².